The Kier molecular flexibility index (Phi) is 5.55. The predicted octanol–water partition coefficient (Wildman–Crippen LogP) is 0.870. The van der Waals surface area contributed by atoms with Gasteiger partial charge in [0, 0.05) is 13.7 Å². The van der Waals surface area contributed by atoms with E-state index in [1.54, 1.807) is 7.11 Å². The molecule has 94 valence electrons. The quantitative estimate of drug-likeness (QED) is 0.317. The van der Waals surface area contributed by atoms with Gasteiger partial charge in [0.2, 0.25) is 0 Å². The van der Waals surface area contributed by atoms with Gasteiger partial charge in [0.1, 0.15) is 0 Å². The van der Waals surface area contributed by atoms with E-state index >= 15 is 0 Å². The van der Waals surface area contributed by atoms with Crippen molar-refractivity contribution in [2.24, 2.45) is 16.8 Å². The van der Waals surface area contributed by atoms with E-state index in [2.05, 4.69) is 17.0 Å². The molecule has 5 nitrogen and oxygen atoms in total. The van der Waals surface area contributed by atoms with Gasteiger partial charge in [0.05, 0.1) is 6.04 Å². The fourth-order valence-corrected chi connectivity index (χ4v) is 2.39. The molecule has 5 heteroatoms. The second kappa shape index (κ2) is 6.70. The van der Waals surface area contributed by atoms with Crippen molar-refractivity contribution >= 4 is 5.84 Å². The van der Waals surface area contributed by atoms with Crippen molar-refractivity contribution in [3.05, 3.63) is 0 Å². The van der Waals surface area contributed by atoms with Gasteiger partial charge in [-0.25, -0.2) is 0 Å². The molecule has 1 rings (SSSR count). The highest BCUT2D eigenvalue weighted by atomic mass is 16.5. The highest BCUT2D eigenvalue weighted by Gasteiger charge is 2.26. The summed E-state index contributed by atoms with van der Waals surface area (Å²) in [6, 6.07) is 0.0773. The number of nitrogens with two attached hydrogens (primary N) is 1. The Morgan fingerprint density at radius 1 is 1.56 bits per heavy atom. The van der Waals surface area contributed by atoms with Gasteiger partial charge < -0.3 is 15.7 Å². The van der Waals surface area contributed by atoms with Crippen LogP contribution in [-0.2, 0) is 4.74 Å². The van der Waals surface area contributed by atoms with Crippen molar-refractivity contribution < 1.29 is 9.94 Å². The van der Waals surface area contributed by atoms with Crippen LogP contribution in [0.15, 0.2) is 5.16 Å². The highest BCUT2D eigenvalue weighted by molar-refractivity contribution is 5.85. The molecule has 0 aromatic carbocycles. The summed E-state index contributed by atoms with van der Waals surface area (Å²) in [5, 5.41) is 11.8. The van der Waals surface area contributed by atoms with E-state index in [-0.39, 0.29) is 6.04 Å². The second-order valence-corrected chi connectivity index (χ2v) is 4.38. The fourth-order valence-electron chi connectivity index (χ4n) is 2.39. The zero-order valence-corrected chi connectivity index (χ0v) is 10.2. The zero-order chi connectivity index (χ0) is 12.0. The van der Waals surface area contributed by atoms with Crippen LogP contribution in [0.1, 0.15) is 26.2 Å². The number of oxime groups is 1. The largest absolute Gasteiger partial charge is 0.409 e. The minimum atomic E-state index is 0.0773. The fraction of sp³-hybridized carbons (Fsp3) is 0.909. The van der Waals surface area contributed by atoms with Gasteiger partial charge in [-0.15, -0.1) is 0 Å². The molecule has 3 N–H and O–H groups in total. The Labute approximate surface area is 97.2 Å². The number of methoxy groups -OCH3 is 1. The normalized spacial score (nSPS) is 22.2. The van der Waals surface area contributed by atoms with Crippen LogP contribution in [0.5, 0.6) is 0 Å². The maximum atomic E-state index is 8.72. The lowest BCUT2D eigenvalue weighted by molar-refractivity contribution is 0.0905. The molecule has 1 aliphatic rings. The minimum absolute atomic E-state index is 0.0773. The lowest BCUT2D eigenvalue weighted by Gasteiger charge is -2.36. The number of hydrogen-bond donors (Lipinski definition) is 2. The molecule has 0 aliphatic carbocycles. The average molecular weight is 229 g/mol. The van der Waals surface area contributed by atoms with E-state index < -0.39 is 0 Å². The van der Waals surface area contributed by atoms with E-state index in [0.717, 1.165) is 39.0 Å². The molecule has 0 radical (unpaired) electrons. The molecule has 0 aromatic rings. The number of amidine groups is 1. The molecule has 1 fully saturated rings. The topological polar surface area (TPSA) is 71.1 Å². The van der Waals surface area contributed by atoms with Crippen LogP contribution in [-0.4, -0.2) is 48.8 Å². The molecule has 0 aromatic heterocycles. The Morgan fingerprint density at radius 2 is 2.19 bits per heavy atom. The van der Waals surface area contributed by atoms with E-state index in [1.807, 2.05) is 0 Å². The zero-order valence-electron chi connectivity index (χ0n) is 10.2. The predicted molar refractivity (Wildman–Crippen MR) is 63.7 cm³/mol. The first-order valence-electron chi connectivity index (χ1n) is 5.93. The maximum Gasteiger partial charge on any atom is 0.156 e. The highest BCUT2D eigenvalue weighted by Crippen LogP contribution is 2.20. The van der Waals surface area contributed by atoms with Crippen molar-refractivity contribution in [1.29, 1.82) is 0 Å². The number of nitrogens with zero attached hydrogens (tertiary/aromatic N) is 2. The van der Waals surface area contributed by atoms with Crippen molar-refractivity contribution in [1.82, 2.24) is 4.90 Å². The number of piperidine rings is 1. The molecule has 1 atom stereocenters. The molecular weight excluding hydrogens is 206 g/mol. The van der Waals surface area contributed by atoms with E-state index in [9.17, 15) is 0 Å². The molecule has 16 heavy (non-hydrogen) atoms. The molecule has 1 saturated heterocycles. The minimum Gasteiger partial charge on any atom is -0.409 e. The van der Waals surface area contributed by atoms with E-state index in [0.29, 0.717) is 11.8 Å². The summed E-state index contributed by atoms with van der Waals surface area (Å²) in [6.07, 6.45) is 3.14. The third kappa shape index (κ3) is 3.35. The molecule has 0 bridgehead atoms. The summed E-state index contributed by atoms with van der Waals surface area (Å²) in [6.45, 7) is 4.91. The van der Waals surface area contributed by atoms with Crippen LogP contribution in [0.25, 0.3) is 0 Å². The SMILES string of the molecule is CCC(C(N)=NO)N1CCC(COC)CC1. The van der Waals surface area contributed by atoms with Crippen molar-refractivity contribution in [2.45, 2.75) is 32.2 Å². The molecule has 0 amide bonds. The monoisotopic (exact) mass is 229 g/mol. The van der Waals surface area contributed by atoms with Gasteiger partial charge in [-0.3, -0.25) is 4.90 Å². The van der Waals surface area contributed by atoms with Gasteiger partial charge in [-0.1, -0.05) is 12.1 Å². The Bertz CT molecular complexity index is 225. The number of ether oxygens (including phenoxy) is 1. The third-order valence-electron chi connectivity index (χ3n) is 3.34. The van der Waals surface area contributed by atoms with Crippen LogP contribution in [0.2, 0.25) is 0 Å². The smallest absolute Gasteiger partial charge is 0.156 e. The number of hydrogen-bond acceptors (Lipinski definition) is 4. The van der Waals surface area contributed by atoms with Crippen LogP contribution >= 0.6 is 0 Å². The van der Waals surface area contributed by atoms with Gasteiger partial charge in [-0.2, -0.15) is 0 Å². The maximum absolute atomic E-state index is 8.72. The molecular formula is C11H23N3O2. The Morgan fingerprint density at radius 3 is 2.62 bits per heavy atom. The van der Waals surface area contributed by atoms with Gasteiger partial charge in [0.25, 0.3) is 0 Å². The Hall–Kier alpha value is -0.810. The molecule has 1 aliphatic heterocycles. The van der Waals surface area contributed by atoms with E-state index in [1.165, 1.54) is 0 Å². The molecule has 1 unspecified atom stereocenters. The molecule has 1 heterocycles. The second-order valence-electron chi connectivity index (χ2n) is 4.38. The molecule has 0 saturated carbocycles. The first-order valence-corrected chi connectivity index (χ1v) is 5.93. The van der Waals surface area contributed by atoms with Crippen LogP contribution in [0.4, 0.5) is 0 Å². The average Bonchev–Trinajstić information content (AvgIpc) is 2.32. The van der Waals surface area contributed by atoms with Crippen molar-refractivity contribution in [3.63, 3.8) is 0 Å². The summed E-state index contributed by atoms with van der Waals surface area (Å²) in [4.78, 5) is 2.29. The van der Waals surface area contributed by atoms with Crippen molar-refractivity contribution in [2.75, 3.05) is 26.8 Å². The van der Waals surface area contributed by atoms with Gasteiger partial charge in [0.15, 0.2) is 5.84 Å². The third-order valence-corrected chi connectivity index (χ3v) is 3.34. The lowest BCUT2D eigenvalue weighted by Crippen LogP contribution is -2.48. The van der Waals surface area contributed by atoms with Crippen LogP contribution < -0.4 is 5.73 Å². The van der Waals surface area contributed by atoms with Crippen LogP contribution in [0, 0.1) is 5.92 Å². The first-order chi connectivity index (χ1) is 7.72. The first kappa shape index (κ1) is 13.3. The van der Waals surface area contributed by atoms with Crippen molar-refractivity contribution in [3.8, 4) is 0 Å². The summed E-state index contributed by atoms with van der Waals surface area (Å²) < 4.78 is 5.17. The van der Waals surface area contributed by atoms with Crippen LogP contribution in [0.3, 0.4) is 0 Å². The van der Waals surface area contributed by atoms with E-state index in [4.69, 9.17) is 15.7 Å². The number of rotatable bonds is 5. The summed E-state index contributed by atoms with van der Waals surface area (Å²) in [7, 11) is 1.75. The summed E-state index contributed by atoms with van der Waals surface area (Å²) >= 11 is 0. The van der Waals surface area contributed by atoms with Gasteiger partial charge in [-0.05, 0) is 38.3 Å². The number of likely N-dealkylation sites (tertiary alicyclic amines) is 1. The van der Waals surface area contributed by atoms with Gasteiger partial charge >= 0.3 is 0 Å². The Balaban J connectivity index is 2.45. The summed E-state index contributed by atoms with van der Waals surface area (Å²) in [5.41, 5.74) is 5.69. The molecule has 0 spiro atoms. The lowest BCUT2D eigenvalue weighted by atomic mass is 9.96. The standard InChI is InChI=1S/C11H23N3O2/c1-3-10(11(12)13-15)14-6-4-9(5-7-14)8-16-2/h9-10,15H,3-8H2,1-2H3,(H2,12,13). The summed E-state index contributed by atoms with van der Waals surface area (Å²) in [5.74, 6) is 0.985.